The lowest BCUT2D eigenvalue weighted by Crippen LogP contribution is -1.95. The first-order valence-corrected chi connectivity index (χ1v) is 13.8. The van der Waals surface area contributed by atoms with Gasteiger partial charge in [-0.2, -0.15) is 0 Å². The van der Waals surface area contributed by atoms with Crippen LogP contribution >= 0.6 is 0 Å². The number of rotatable bonds is 24. The molecule has 0 saturated heterocycles. The zero-order chi connectivity index (χ0) is 20.5. The fraction of sp³-hybridized carbons (Fsp3) is 1.00. The largest absolute Gasteiger partial charge is 0.0654 e. The van der Waals surface area contributed by atoms with Crippen molar-refractivity contribution in [3.05, 3.63) is 0 Å². The van der Waals surface area contributed by atoms with Gasteiger partial charge in [0.25, 0.3) is 0 Å². The van der Waals surface area contributed by atoms with Crippen molar-refractivity contribution in [3.63, 3.8) is 0 Å². The van der Waals surface area contributed by atoms with Gasteiger partial charge in [-0.3, -0.25) is 0 Å². The molecule has 1 unspecified atom stereocenters. The normalized spacial score (nSPS) is 12.5. The lowest BCUT2D eigenvalue weighted by Gasteiger charge is -2.11. The molecule has 0 heteroatoms. The van der Waals surface area contributed by atoms with Crippen LogP contribution in [0.3, 0.4) is 0 Å². The molecule has 0 fully saturated rings. The van der Waals surface area contributed by atoms with Crippen LogP contribution < -0.4 is 0 Å². The zero-order valence-corrected chi connectivity index (χ0v) is 20.5. The molecule has 0 bridgehead atoms. The van der Waals surface area contributed by atoms with Crippen molar-refractivity contribution in [1.29, 1.82) is 0 Å². The highest BCUT2D eigenvalue weighted by molar-refractivity contribution is 4.56. The summed E-state index contributed by atoms with van der Waals surface area (Å²) in [5, 5.41) is 0. The molecule has 1 atom stereocenters. The van der Waals surface area contributed by atoms with Crippen molar-refractivity contribution < 1.29 is 0 Å². The molecule has 0 saturated carbocycles. The molecule has 0 aliphatic heterocycles. The monoisotopic (exact) mass is 394 g/mol. The van der Waals surface area contributed by atoms with Gasteiger partial charge in [0.2, 0.25) is 0 Å². The van der Waals surface area contributed by atoms with Crippen molar-refractivity contribution in [1.82, 2.24) is 0 Å². The van der Waals surface area contributed by atoms with E-state index in [4.69, 9.17) is 0 Å². The minimum Gasteiger partial charge on any atom is -0.0654 e. The molecule has 0 spiro atoms. The van der Waals surface area contributed by atoms with E-state index in [0.717, 1.165) is 5.92 Å². The minimum atomic E-state index is 0.970. The summed E-state index contributed by atoms with van der Waals surface area (Å²) in [5.74, 6) is 0.970. The van der Waals surface area contributed by atoms with Crippen molar-refractivity contribution in [2.75, 3.05) is 0 Å². The van der Waals surface area contributed by atoms with Gasteiger partial charge < -0.3 is 0 Å². The van der Waals surface area contributed by atoms with Gasteiger partial charge >= 0.3 is 0 Å². The van der Waals surface area contributed by atoms with Crippen LogP contribution in [-0.4, -0.2) is 0 Å². The third-order valence-electron chi connectivity index (χ3n) is 6.60. The number of unbranched alkanes of at least 4 members (excludes halogenated alkanes) is 20. The molecule has 0 rings (SSSR count). The molecular formula is C28H58. The molecule has 0 heterocycles. The SMILES string of the molecule is CCCCCCCCCCCCCCCC(C)CCCCCCCCCCC. The molecule has 0 nitrogen and oxygen atoms in total. The van der Waals surface area contributed by atoms with Gasteiger partial charge in [-0.25, -0.2) is 0 Å². The second-order valence-corrected chi connectivity index (χ2v) is 9.75. The van der Waals surface area contributed by atoms with Crippen LogP contribution in [0.25, 0.3) is 0 Å². The maximum atomic E-state index is 2.49. The van der Waals surface area contributed by atoms with E-state index in [0.29, 0.717) is 0 Å². The van der Waals surface area contributed by atoms with E-state index in [1.165, 1.54) is 154 Å². The average Bonchev–Trinajstić information content (AvgIpc) is 2.70. The number of hydrogen-bond donors (Lipinski definition) is 0. The first-order valence-electron chi connectivity index (χ1n) is 13.8. The quantitative estimate of drug-likeness (QED) is 0.143. The second-order valence-electron chi connectivity index (χ2n) is 9.75. The van der Waals surface area contributed by atoms with E-state index < -0.39 is 0 Å². The lowest BCUT2D eigenvalue weighted by molar-refractivity contribution is 0.430. The topological polar surface area (TPSA) is 0 Å². The predicted octanol–water partition coefficient (Wildman–Crippen LogP) is 11.0. The average molecular weight is 395 g/mol. The van der Waals surface area contributed by atoms with Crippen LogP contribution in [0, 0.1) is 5.92 Å². The van der Waals surface area contributed by atoms with Gasteiger partial charge in [0.05, 0.1) is 0 Å². The Hall–Kier alpha value is 0. The smallest absolute Gasteiger partial charge is 0.0443 e. The Morgan fingerprint density at radius 3 is 0.786 bits per heavy atom. The van der Waals surface area contributed by atoms with E-state index in [9.17, 15) is 0 Å². The van der Waals surface area contributed by atoms with Gasteiger partial charge in [0, 0.05) is 0 Å². The van der Waals surface area contributed by atoms with Gasteiger partial charge in [0.1, 0.15) is 0 Å². The molecule has 0 aromatic heterocycles. The van der Waals surface area contributed by atoms with Gasteiger partial charge in [-0.05, 0) is 5.92 Å². The maximum absolute atomic E-state index is 2.49. The van der Waals surface area contributed by atoms with E-state index in [1.54, 1.807) is 0 Å². The summed E-state index contributed by atoms with van der Waals surface area (Å²) in [4.78, 5) is 0. The van der Waals surface area contributed by atoms with Gasteiger partial charge in [0.15, 0.2) is 0 Å². The lowest BCUT2D eigenvalue weighted by atomic mass is 9.95. The molecule has 28 heavy (non-hydrogen) atoms. The fourth-order valence-corrected chi connectivity index (χ4v) is 4.46. The third-order valence-corrected chi connectivity index (χ3v) is 6.60. The second kappa shape index (κ2) is 25.0. The van der Waals surface area contributed by atoms with Crippen LogP contribution in [0.4, 0.5) is 0 Å². The molecule has 0 N–H and O–H groups in total. The van der Waals surface area contributed by atoms with Gasteiger partial charge in [-0.1, -0.05) is 175 Å². The van der Waals surface area contributed by atoms with Crippen LogP contribution in [-0.2, 0) is 0 Å². The van der Waals surface area contributed by atoms with E-state index in [1.807, 2.05) is 0 Å². The highest BCUT2D eigenvalue weighted by Gasteiger charge is 2.02. The standard InChI is InChI=1S/C28H58/c1-4-6-8-10-12-14-15-16-17-19-21-23-25-27-28(3)26-24-22-20-18-13-11-9-7-5-2/h28H,4-27H2,1-3H3. The minimum absolute atomic E-state index is 0.970. The van der Waals surface area contributed by atoms with Crippen LogP contribution in [0.1, 0.15) is 175 Å². The molecule has 0 aliphatic carbocycles. The Morgan fingerprint density at radius 2 is 0.536 bits per heavy atom. The molecule has 0 aromatic rings. The van der Waals surface area contributed by atoms with E-state index in [-0.39, 0.29) is 0 Å². The molecule has 0 amide bonds. The summed E-state index contributed by atoms with van der Waals surface area (Å²) in [6, 6.07) is 0. The summed E-state index contributed by atoms with van der Waals surface area (Å²) in [6.45, 7) is 7.10. The molecule has 0 aromatic carbocycles. The van der Waals surface area contributed by atoms with E-state index >= 15 is 0 Å². The van der Waals surface area contributed by atoms with Crippen LogP contribution in [0.15, 0.2) is 0 Å². The zero-order valence-electron chi connectivity index (χ0n) is 20.5. The molecule has 0 aliphatic rings. The highest BCUT2D eigenvalue weighted by Crippen LogP contribution is 2.19. The molecule has 170 valence electrons. The van der Waals surface area contributed by atoms with Crippen molar-refractivity contribution >= 4 is 0 Å². The maximum Gasteiger partial charge on any atom is -0.0443 e. The van der Waals surface area contributed by atoms with Crippen molar-refractivity contribution in [2.24, 2.45) is 5.92 Å². The summed E-state index contributed by atoms with van der Waals surface area (Å²) in [5.41, 5.74) is 0. The summed E-state index contributed by atoms with van der Waals surface area (Å²) in [6.07, 6.45) is 35.3. The van der Waals surface area contributed by atoms with Crippen LogP contribution in [0.5, 0.6) is 0 Å². The van der Waals surface area contributed by atoms with Gasteiger partial charge in [-0.15, -0.1) is 0 Å². The Balaban J connectivity index is 3.12. The molecule has 0 radical (unpaired) electrons. The predicted molar refractivity (Wildman–Crippen MR) is 131 cm³/mol. The van der Waals surface area contributed by atoms with E-state index in [2.05, 4.69) is 20.8 Å². The fourth-order valence-electron chi connectivity index (χ4n) is 4.46. The van der Waals surface area contributed by atoms with Crippen molar-refractivity contribution in [3.8, 4) is 0 Å². The Bertz CT molecular complexity index is 257. The summed E-state index contributed by atoms with van der Waals surface area (Å²) < 4.78 is 0. The number of hydrogen-bond acceptors (Lipinski definition) is 0. The van der Waals surface area contributed by atoms with Crippen molar-refractivity contribution in [2.45, 2.75) is 175 Å². The summed E-state index contributed by atoms with van der Waals surface area (Å²) in [7, 11) is 0. The first-order chi connectivity index (χ1) is 13.8. The summed E-state index contributed by atoms with van der Waals surface area (Å²) >= 11 is 0. The van der Waals surface area contributed by atoms with Crippen LogP contribution in [0.2, 0.25) is 0 Å². The highest BCUT2D eigenvalue weighted by atomic mass is 14.1. The Kier molecular flexibility index (Phi) is 25.0. The first kappa shape index (κ1) is 28.0. The Labute approximate surface area is 181 Å². The third kappa shape index (κ3) is 24.0. The Morgan fingerprint density at radius 1 is 0.321 bits per heavy atom. The molecular weight excluding hydrogens is 336 g/mol.